The molecule has 0 N–H and O–H groups in total. The maximum atomic E-state index is 14.1. The second-order valence-corrected chi connectivity index (χ2v) is 20.4. The summed E-state index contributed by atoms with van der Waals surface area (Å²) in [7, 11) is 0. The van der Waals surface area contributed by atoms with E-state index in [0.29, 0.717) is 17.6 Å². The monoisotopic (exact) mass is 879 g/mol. The third-order valence-electron chi connectivity index (χ3n) is 15.4. The first kappa shape index (κ1) is 39.0. The van der Waals surface area contributed by atoms with Gasteiger partial charge in [-0.2, -0.15) is 9.97 Å². The Morgan fingerprint density at radius 3 is 1.49 bits per heavy atom. The van der Waals surface area contributed by atoms with Crippen molar-refractivity contribution < 1.29 is 9.53 Å². The summed E-state index contributed by atoms with van der Waals surface area (Å²) in [6.07, 6.45) is -0.348. The fourth-order valence-electron chi connectivity index (χ4n) is 12.0. The Kier molecular flexibility index (Phi) is 7.61. The maximum Gasteiger partial charge on any atom is 0.419 e. The fraction of sp³-hybridized carbons (Fsp3) is 0.148. The second-order valence-electron chi connectivity index (χ2n) is 20.4. The molecule has 326 valence electrons. The summed E-state index contributed by atoms with van der Waals surface area (Å²) >= 11 is 0. The summed E-state index contributed by atoms with van der Waals surface area (Å²) in [5.74, 6) is 1.77. The first-order valence-electron chi connectivity index (χ1n) is 23.5. The lowest BCUT2D eigenvalue weighted by atomic mass is 9.82. The van der Waals surface area contributed by atoms with Gasteiger partial charge in [0, 0.05) is 49.1 Å². The average molecular weight is 880 g/mol. The van der Waals surface area contributed by atoms with Crippen molar-refractivity contribution in [2.45, 2.75) is 58.0 Å². The Bertz CT molecular complexity index is 3980. The highest BCUT2D eigenvalue weighted by atomic mass is 16.6. The summed E-state index contributed by atoms with van der Waals surface area (Å²) < 4.78 is 10.4. The van der Waals surface area contributed by atoms with Gasteiger partial charge in [0.15, 0.2) is 11.6 Å². The normalized spacial score (nSPS) is 15.7. The van der Waals surface area contributed by atoms with Crippen molar-refractivity contribution in [3.05, 3.63) is 192 Å². The molecule has 3 aliphatic rings. The van der Waals surface area contributed by atoms with E-state index in [1.807, 2.05) is 54.8 Å². The molecule has 0 atom stereocenters. The molecule has 7 nitrogen and oxygen atoms in total. The molecule has 0 unspecified atom stereocenters. The number of aromatic nitrogens is 5. The van der Waals surface area contributed by atoms with Crippen LogP contribution in [0.5, 0.6) is 0 Å². The lowest BCUT2D eigenvalue weighted by Crippen LogP contribution is -2.33. The van der Waals surface area contributed by atoms with Gasteiger partial charge in [-0.3, -0.25) is 4.57 Å². The summed E-state index contributed by atoms with van der Waals surface area (Å²) in [6, 6.07) is 58.4. The summed E-state index contributed by atoms with van der Waals surface area (Å²) in [5, 5.41) is 4.27. The minimum Gasteiger partial charge on any atom is -0.438 e. The first-order valence-corrected chi connectivity index (χ1v) is 23.5. The molecule has 7 heteroatoms. The Morgan fingerprint density at radius 1 is 0.397 bits per heavy atom. The van der Waals surface area contributed by atoms with Gasteiger partial charge in [0.1, 0.15) is 5.60 Å². The van der Waals surface area contributed by atoms with Gasteiger partial charge in [0.05, 0.1) is 22.1 Å². The van der Waals surface area contributed by atoms with E-state index in [4.69, 9.17) is 19.7 Å². The van der Waals surface area contributed by atoms with Crippen molar-refractivity contribution in [3.8, 4) is 62.1 Å². The standard InChI is InChI=1S/C61H45N5O2/c1-59(2)46-23-15-13-21-38(46)40-30-43-42-27-36(25-26-51(42)65(52(43)32-48(40)59)57-63-55(34-17-9-7-10-18-34)62-56(64-57)35-19-11-8-12-20-35)37-28-45-44-31-41-39-22-14-16-24-47(39)60(3,4)49(41)33-53(44)66-54(45)50(29-37)61(5,6)68-58(66)67/h7-33H,1-6H3. The van der Waals surface area contributed by atoms with E-state index in [0.717, 1.165) is 71.4 Å². The smallest absolute Gasteiger partial charge is 0.419 e. The van der Waals surface area contributed by atoms with Crippen LogP contribution in [0.2, 0.25) is 0 Å². The molecule has 0 amide bonds. The number of cyclic esters (lactones) is 1. The van der Waals surface area contributed by atoms with Gasteiger partial charge in [0.25, 0.3) is 0 Å². The van der Waals surface area contributed by atoms with Crippen molar-refractivity contribution >= 4 is 49.7 Å². The quantitative estimate of drug-likeness (QED) is 0.176. The lowest BCUT2D eigenvalue weighted by molar-refractivity contribution is 0.0339. The van der Waals surface area contributed by atoms with Gasteiger partial charge in [0.2, 0.25) is 5.95 Å². The van der Waals surface area contributed by atoms with Gasteiger partial charge in [-0.25, -0.2) is 14.3 Å². The Morgan fingerprint density at radius 2 is 0.897 bits per heavy atom. The summed E-state index contributed by atoms with van der Waals surface area (Å²) in [5.41, 5.74) is 17.5. The molecule has 68 heavy (non-hydrogen) atoms. The molecular formula is C61H45N5O2. The van der Waals surface area contributed by atoms with Gasteiger partial charge in [-0.05, 0) is 118 Å². The van der Waals surface area contributed by atoms with E-state index in [1.54, 1.807) is 0 Å². The number of carbonyl (C=O) groups is 1. The predicted molar refractivity (Wildman–Crippen MR) is 274 cm³/mol. The molecule has 14 rings (SSSR count). The zero-order valence-corrected chi connectivity index (χ0v) is 38.6. The molecule has 0 saturated heterocycles. The van der Waals surface area contributed by atoms with Crippen molar-refractivity contribution in [3.63, 3.8) is 0 Å². The molecule has 8 aromatic carbocycles. The van der Waals surface area contributed by atoms with Crippen LogP contribution in [0.4, 0.5) is 4.79 Å². The molecule has 0 fully saturated rings. The highest BCUT2D eigenvalue weighted by Gasteiger charge is 2.41. The van der Waals surface area contributed by atoms with E-state index in [-0.39, 0.29) is 16.9 Å². The third kappa shape index (κ3) is 5.19. The van der Waals surface area contributed by atoms with Gasteiger partial charge < -0.3 is 4.74 Å². The molecule has 0 spiro atoms. The van der Waals surface area contributed by atoms with Crippen molar-refractivity contribution in [1.82, 2.24) is 24.1 Å². The van der Waals surface area contributed by atoms with E-state index in [9.17, 15) is 4.79 Å². The molecule has 2 aliphatic carbocycles. The first-order chi connectivity index (χ1) is 32.9. The third-order valence-corrected chi connectivity index (χ3v) is 15.4. The molecule has 1 aliphatic heterocycles. The number of carbonyl (C=O) groups excluding carboxylic acids is 1. The van der Waals surface area contributed by atoms with Gasteiger partial charge in [-0.15, -0.1) is 0 Å². The summed E-state index contributed by atoms with van der Waals surface area (Å²) in [6.45, 7) is 13.2. The van der Waals surface area contributed by atoms with Crippen LogP contribution in [0.3, 0.4) is 0 Å². The lowest BCUT2D eigenvalue weighted by Gasteiger charge is -2.32. The van der Waals surface area contributed by atoms with Crippen LogP contribution >= 0.6 is 0 Å². The number of fused-ring (bicyclic) bond motifs is 12. The molecule has 11 aromatic rings. The van der Waals surface area contributed by atoms with Gasteiger partial charge in [-0.1, -0.05) is 143 Å². The van der Waals surface area contributed by atoms with Crippen LogP contribution in [0.15, 0.2) is 164 Å². The molecule has 0 bridgehead atoms. The highest BCUT2D eigenvalue weighted by Crippen LogP contribution is 2.54. The number of hydrogen-bond acceptors (Lipinski definition) is 5. The number of benzene rings is 8. The van der Waals surface area contributed by atoms with Crippen molar-refractivity contribution in [2.75, 3.05) is 0 Å². The molecule has 4 heterocycles. The highest BCUT2D eigenvalue weighted by molar-refractivity contribution is 6.18. The maximum absolute atomic E-state index is 14.1. The SMILES string of the molecule is CC1(C)OC(=O)n2c3cc4c(cc3c3cc(-c5ccc6c(c5)c5cc7c(cc5n6-c5nc(-c6ccccc6)nc(-c6ccccc6)n5)C(C)(C)c5ccccc5-7)cc1c32)-c1ccccc1C4(C)C. The molecule has 0 radical (unpaired) electrons. The second kappa shape index (κ2) is 13.3. The van der Waals surface area contributed by atoms with Crippen LogP contribution in [0.25, 0.3) is 106 Å². The van der Waals surface area contributed by atoms with E-state index < -0.39 is 5.60 Å². The van der Waals surface area contributed by atoms with Crippen molar-refractivity contribution in [2.24, 2.45) is 0 Å². The van der Waals surface area contributed by atoms with E-state index in [2.05, 4.69) is 160 Å². The van der Waals surface area contributed by atoms with Crippen LogP contribution in [0.1, 0.15) is 69.4 Å². The minimum atomic E-state index is -0.864. The van der Waals surface area contributed by atoms with Crippen molar-refractivity contribution in [1.29, 1.82) is 0 Å². The molecular weight excluding hydrogens is 835 g/mol. The van der Waals surface area contributed by atoms with E-state index >= 15 is 0 Å². The largest absolute Gasteiger partial charge is 0.438 e. The van der Waals surface area contributed by atoms with Gasteiger partial charge >= 0.3 is 6.09 Å². The van der Waals surface area contributed by atoms with Crippen LogP contribution in [0, 0.1) is 0 Å². The zero-order valence-electron chi connectivity index (χ0n) is 38.6. The number of hydrogen-bond donors (Lipinski definition) is 0. The van der Waals surface area contributed by atoms with Crippen LogP contribution < -0.4 is 0 Å². The Hall–Kier alpha value is -8.16. The summed E-state index contributed by atoms with van der Waals surface area (Å²) in [4.78, 5) is 29.7. The number of rotatable bonds is 4. The molecule has 3 aromatic heterocycles. The topological polar surface area (TPSA) is 74.8 Å². The number of ether oxygens (including phenoxy) is 1. The predicted octanol–water partition coefficient (Wildman–Crippen LogP) is 14.9. The average Bonchev–Trinajstić information content (AvgIpc) is 4.00. The van der Waals surface area contributed by atoms with Crippen LogP contribution in [-0.4, -0.2) is 30.2 Å². The minimum absolute atomic E-state index is 0.219. The number of nitrogens with zero attached hydrogens (tertiary/aromatic N) is 5. The zero-order chi connectivity index (χ0) is 46.0. The van der Waals surface area contributed by atoms with E-state index in [1.165, 1.54) is 44.5 Å². The Labute approximate surface area is 393 Å². The van der Waals surface area contributed by atoms with Crippen LogP contribution in [-0.2, 0) is 21.2 Å². The Balaban J connectivity index is 1.05. The fourth-order valence-corrected chi connectivity index (χ4v) is 12.0. The molecule has 0 saturated carbocycles.